The van der Waals surface area contributed by atoms with E-state index < -0.39 is 0 Å². The molecular weight excluding hydrogens is 761 g/mol. The molecule has 0 aliphatic heterocycles. The summed E-state index contributed by atoms with van der Waals surface area (Å²) in [5.74, 6) is 3.93. The summed E-state index contributed by atoms with van der Waals surface area (Å²) in [7, 11) is 0. The molecule has 330 valence electrons. The summed E-state index contributed by atoms with van der Waals surface area (Å²) in [6.45, 7) is 32.6. The second-order valence-corrected chi connectivity index (χ2v) is 21.5. The van der Waals surface area contributed by atoms with Gasteiger partial charge in [-0.2, -0.15) is 0 Å². The molecule has 0 bridgehead atoms. The average Bonchev–Trinajstić information content (AvgIpc) is 3.23. The smallest absolute Gasteiger partial charge is 0.118 e. The maximum absolute atomic E-state index is 10.6. The third kappa shape index (κ3) is 6.94. The number of aromatic hydroxyl groups is 4. The van der Waals surface area contributed by atoms with Crippen LogP contribution in [0.3, 0.4) is 0 Å². The Hall–Kier alpha value is -4.70. The average molecular weight is 835 g/mol. The van der Waals surface area contributed by atoms with Crippen LogP contribution in [0.2, 0.25) is 0 Å². The number of phenols is 4. The van der Waals surface area contributed by atoms with E-state index in [1.807, 2.05) is 52.0 Å². The minimum Gasteiger partial charge on any atom is -0.508 e. The zero-order valence-electron chi connectivity index (χ0n) is 40.1. The van der Waals surface area contributed by atoms with E-state index >= 15 is 0 Å². The Bertz CT molecular complexity index is 2190. The van der Waals surface area contributed by atoms with Gasteiger partial charge in [0.1, 0.15) is 23.0 Å². The SMILES string of the molecule is Cc1cc(C2(c3ccc(O)c(C)c3)C(C)CC(C(C)(C)c3cccc(C(C)(C)C4CC(C)C(c5ccc(O)c(C)c5)(c5ccc(O)c(C)c5)C(C)C4C)c3)C(C)C2C)ccc1O. The Morgan fingerprint density at radius 3 is 0.952 bits per heavy atom. The lowest BCUT2D eigenvalue weighted by Gasteiger charge is -2.58. The van der Waals surface area contributed by atoms with Gasteiger partial charge in [0.25, 0.3) is 0 Å². The largest absolute Gasteiger partial charge is 0.508 e. The van der Waals surface area contributed by atoms with Crippen LogP contribution < -0.4 is 0 Å². The first-order chi connectivity index (χ1) is 29.0. The van der Waals surface area contributed by atoms with Gasteiger partial charge in [0, 0.05) is 10.8 Å². The van der Waals surface area contributed by atoms with E-state index in [2.05, 4.69) is 142 Å². The fraction of sp³-hybridized carbons (Fsp3) is 0.483. The predicted molar refractivity (Wildman–Crippen MR) is 257 cm³/mol. The van der Waals surface area contributed by atoms with Gasteiger partial charge < -0.3 is 20.4 Å². The Balaban J connectivity index is 1.24. The first-order valence-electron chi connectivity index (χ1n) is 23.3. The van der Waals surface area contributed by atoms with Crippen molar-refractivity contribution in [3.63, 3.8) is 0 Å². The van der Waals surface area contributed by atoms with Gasteiger partial charge in [-0.15, -0.1) is 0 Å². The van der Waals surface area contributed by atoms with Crippen LogP contribution in [-0.2, 0) is 21.7 Å². The van der Waals surface area contributed by atoms with Crippen molar-refractivity contribution < 1.29 is 20.4 Å². The van der Waals surface area contributed by atoms with Crippen LogP contribution in [0, 0.1) is 75.0 Å². The van der Waals surface area contributed by atoms with Crippen LogP contribution in [0.5, 0.6) is 23.0 Å². The molecule has 0 spiro atoms. The summed E-state index contributed by atoms with van der Waals surface area (Å²) >= 11 is 0. The van der Waals surface area contributed by atoms with Crippen LogP contribution in [0.1, 0.15) is 138 Å². The summed E-state index contributed by atoms with van der Waals surface area (Å²) in [5.41, 5.74) is 10.5. The molecule has 0 amide bonds. The molecule has 2 aliphatic carbocycles. The fourth-order valence-corrected chi connectivity index (χ4v) is 13.8. The van der Waals surface area contributed by atoms with E-state index in [4.69, 9.17) is 0 Å². The van der Waals surface area contributed by atoms with Gasteiger partial charge in [0.2, 0.25) is 0 Å². The molecule has 5 aromatic rings. The highest BCUT2D eigenvalue weighted by atomic mass is 16.3. The van der Waals surface area contributed by atoms with Crippen molar-refractivity contribution in [3.05, 3.63) is 153 Å². The van der Waals surface area contributed by atoms with Gasteiger partial charge in [-0.05, 0) is 179 Å². The van der Waals surface area contributed by atoms with Gasteiger partial charge >= 0.3 is 0 Å². The topological polar surface area (TPSA) is 80.9 Å². The lowest BCUT2D eigenvalue weighted by molar-refractivity contribution is 0.0202. The number of hydrogen-bond donors (Lipinski definition) is 4. The van der Waals surface area contributed by atoms with E-state index in [-0.39, 0.29) is 45.3 Å². The monoisotopic (exact) mass is 835 g/mol. The van der Waals surface area contributed by atoms with E-state index in [0.717, 1.165) is 35.1 Å². The zero-order valence-corrected chi connectivity index (χ0v) is 40.1. The lowest BCUT2D eigenvalue weighted by atomic mass is 9.46. The normalized spacial score (nSPS) is 26.3. The Morgan fingerprint density at radius 2 is 0.694 bits per heavy atom. The second kappa shape index (κ2) is 16.1. The first-order valence-corrected chi connectivity index (χ1v) is 23.3. The molecule has 62 heavy (non-hydrogen) atoms. The number of hydrogen-bond acceptors (Lipinski definition) is 4. The van der Waals surface area contributed by atoms with Crippen molar-refractivity contribution in [2.45, 2.75) is 131 Å². The molecular formula is C58H74O4. The summed E-state index contributed by atoms with van der Waals surface area (Å²) in [6, 6.07) is 34.4. The number of rotatable bonds is 8. The van der Waals surface area contributed by atoms with Crippen molar-refractivity contribution >= 4 is 0 Å². The number of aryl methyl sites for hydroxylation is 4. The van der Waals surface area contributed by atoms with E-state index in [1.54, 1.807) is 0 Å². The molecule has 8 unspecified atom stereocenters. The molecule has 7 rings (SSSR count). The van der Waals surface area contributed by atoms with Crippen molar-refractivity contribution in [2.75, 3.05) is 0 Å². The third-order valence-electron chi connectivity index (χ3n) is 18.0. The molecule has 2 aliphatic rings. The van der Waals surface area contributed by atoms with E-state index in [9.17, 15) is 20.4 Å². The maximum atomic E-state index is 10.6. The fourth-order valence-electron chi connectivity index (χ4n) is 13.8. The molecule has 0 aromatic heterocycles. The highest BCUT2D eigenvalue weighted by Gasteiger charge is 2.57. The third-order valence-corrected chi connectivity index (χ3v) is 18.0. The molecule has 2 fully saturated rings. The van der Waals surface area contributed by atoms with E-state index in [0.29, 0.717) is 46.7 Å². The highest BCUT2D eigenvalue weighted by molar-refractivity contribution is 5.52. The second-order valence-electron chi connectivity index (χ2n) is 21.5. The number of phenolic OH excluding ortho intramolecular Hbond substituents is 4. The Labute approximate surface area is 373 Å². The standard InChI is InChI=1S/C58H74O4/c1-33-26-45(18-22-51(33)59)57(46-19-23-52(60)34(2)27-46)37(5)30-49(39(7)41(57)9)55(11,12)43-16-15-17-44(32-43)56(13,14)50-31-38(6)58(42(10)40(50)8,47-20-24-53(61)35(3)28-47)48-21-25-54(62)36(4)29-48/h15-29,32,37-42,49-50,59-62H,30-31H2,1-14H3. The van der Waals surface area contributed by atoms with Crippen LogP contribution in [-0.4, -0.2) is 20.4 Å². The summed E-state index contributed by atoms with van der Waals surface area (Å²) in [5, 5.41) is 42.6. The summed E-state index contributed by atoms with van der Waals surface area (Å²) < 4.78 is 0. The quantitative estimate of drug-likeness (QED) is 0.126. The van der Waals surface area contributed by atoms with Crippen LogP contribution >= 0.6 is 0 Å². The summed E-state index contributed by atoms with van der Waals surface area (Å²) in [6.07, 6.45) is 2.08. The lowest BCUT2D eigenvalue weighted by Crippen LogP contribution is -2.54. The minimum atomic E-state index is -0.301. The highest BCUT2D eigenvalue weighted by Crippen LogP contribution is 2.62. The molecule has 5 aromatic carbocycles. The number of benzene rings is 5. The molecule has 0 saturated heterocycles. The minimum absolute atomic E-state index is 0.114. The zero-order chi connectivity index (χ0) is 45.4. The van der Waals surface area contributed by atoms with Crippen molar-refractivity contribution in [1.82, 2.24) is 0 Å². The van der Waals surface area contributed by atoms with Crippen LogP contribution in [0.15, 0.2) is 97.1 Å². The molecule has 2 saturated carbocycles. The van der Waals surface area contributed by atoms with Crippen molar-refractivity contribution in [2.24, 2.45) is 47.3 Å². The predicted octanol–water partition coefficient (Wildman–Crippen LogP) is 14.1. The first kappa shape index (κ1) is 45.3. The van der Waals surface area contributed by atoms with Gasteiger partial charge in [0.05, 0.1) is 0 Å². The van der Waals surface area contributed by atoms with Crippen molar-refractivity contribution in [1.29, 1.82) is 0 Å². The van der Waals surface area contributed by atoms with Gasteiger partial charge in [0.15, 0.2) is 0 Å². The Morgan fingerprint density at radius 1 is 0.419 bits per heavy atom. The van der Waals surface area contributed by atoms with Crippen LogP contribution in [0.4, 0.5) is 0 Å². The molecule has 0 heterocycles. The molecule has 4 heteroatoms. The molecule has 4 N–H and O–H groups in total. The van der Waals surface area contributed by atoms with Crippen LogP contribution in [0.25, 0.3) is 0 Å². The van der Waals surface area contributed by atoms with Gasteiger partial charge in [-0.3, -0.25) is 0 Å². The maximum Gasteiger partial charge on any atom is 0.118 e. The molecule has 8 atom stereocenters. The van der Waals surface area contributed by atoms with Crippen molar-refractivity contribution in [3.8, 4) is 23.0 Å². The van der Waals surface area contributed by atoms with E-state index in [1.165, 1.54) is 33.4 Å². The molecule has 4 nitrogen and oxygen atoms in total. The Kier molecular flexibility index (Phi) is 11.8. The summed E-state index contributed by atoms with van der Waals surface area (Å²) in [4.78, 5) is 0. The molecule has 0 radical (unpaired) electrons. The van der Waals surface area contributed by atoms with Gasteiger partial charge in [-0.1, -0.05) is 142 Å². The van der Waals surface area contributed by atoms with Gasteiger partial charge in [-0.25, -0.2) is 0 Å².